The standard InChI is InChI=1S/C10H12N4O2S2/c1-16-14-6-2-3-17-9-5(6)4-7(18-9)8(15)13-10(11)12/h2-3,7H,4H2,1H3,(H4,11,12,13,15). The molecule has 0 aliphatic carbocycles. The predicted molar refractivity (Wildman–Crippen MR) is 71.1 cm³/mol. The van der Waals surface area contributed by atoms with Gasteiger partial charge in [-0.15, -0.1) is 23.1 Å². The largest absolute Gasteiger partial charge is 0.399 e. The second-order valence-electron chi connectivity index (χ2n) is 3.53. The molecule has 1 aromatic rings. The van der Waals surface area contributed by atoms with Crippen molar-refractivity contribution in [2.45, 2.75) is 15.9 Å². The van der Waals surface area contributed by atoms with E-state index in [1.54, 1.807) is 11.3 Å². The fourth-order valence-corrected chi connectivity index (χ4v) is 3.98. The van der Waals surface area contributed by atoms with Crippen LogP contribution in [0.15, 0.2) is 25.8 Å². The maximum absolute atomic E-state index is 11.8. The summed E-state index contributed by atoms with van der Waals surface area (Å²) in [6.07, 6.45) is 0.565. The van der Waals surface area contributed by atoms with Crippen LogP contribution in [0.4, 0.5) is 0 Å². The lowest BCUT2D eigenvalue weighted by atomic mass is 10.1. The molecule has 0 aromatic carbocycles. The molecule has 1 amide bonds. The first-order valence-electron chi connectivity index (χ1n) is 5.10. The molecular formula is C10H12N4O2S2. The van der Waals surface area contributed by atoms with Gasteiger partial charge in [-0.1, -0.05) is 5.16 Å². The molecule has 1 unspecified atom stereocenters. The minimum atomic E-state index is -0.313. The van der Waals surface area contributed by atoms with E-state index >= 15 is 0 Å². The van der Waals surface area contributed by atoms with Crippen molar-refractivity contribution < 1.29 is 9.63 Å². The van der Waals surface area contributed by atoms with Crippen LogP contribution in [0, 0.1) is 0 Å². The van der Waals surface area contributed by atoms with Gasteiger partial charge in [0, 0.05) is 5.56 Å². The molecule has 6 nitrogen and oxygen atoms in total. The normalized spacial score (nSPS) is 18.3. The van der Waals surface area contributed by atoms with E-state index in [9.17, 15) is 4.79 Å². The van der Waals surface area contributed by atoms with Crippen LogP contribution < -0.4 is 16.8 Å². The number of carbonyl (C=O) groups excluding carboxylic acids is 1. The van der Waals surface area contributed by atoms with Crippen LogP contribution in [-0.4, -0.2) is 24.2 Å². The highest BCUT2D eigenvalue weighted by Crippen LogP contribution is 2.38. The van der Waals surface area contributed by atoms with Crippen LogP contribution in [0.5, 0.6) is 0 Å². The third kappa shape index (κ3) is 2.65. The van der Waals surface area contributed by atoms with Crippen LogP contribution in [-0.2, 0) is 16.1 Å². The highest BCUT2D eigenvalue weighted by molar-refractivity contribution is 8.02. The average molecular weight is 284 g/mol. The van der Waals surface area contributed by atoms with E-state index in [0.29, 0.717) is 6.42 Å². The molecule has 0 radical (unpaired) electrons. The Morgan fingerprint density at radius 1 is 1.56 bits per heavy atom. The van der Waals surface area contributed by atoms with Crippen LogP contribution in [0.25, 0.3) is 0 Å². The summed E-state index contributed by atoms with van der Waals surface area (Å²) in [6.45, 7) is 0. The van der Waals surface area contributed by atoms with Gasteiger partial charge in [0.05, 0.1) is 9.46 Å². The van der Waals surface area contributed by atoms with Gasteiger partial charge in [0.1, 0.15) is 12.5 Å². The summed E-state index contributed by atoms with van der Waals surface area (Å²) in [5, 5.41) is 6.31. The van der Waals surface area contributed by atoms with Crippen LogP contribution in [0.2, 0.25) is 0 Å². The summed E-state index contributed by atoms with van der Waals surface area (Å²) >= 11 is 3.03. The van der Waals surface area contributed by atoms with Gasteiger partial charge in [0.25, 0.3) is 5.91 Å². The Kier molecular flexibility index (Phi) is 3.87. The molecule has 0 bridgehead atoms. The van der Waals surface area contributed by atoms with E-state index < -0.39 is 0 Å². The quantitative estimate of drug-likeness (QED) is 0.453. The molecule has 0 saturated carbocycles. The summed E-state index contributed by atoms with van der Waals surface area (Å²) in [6, 6.07) is 1.86. The first kappa shape index (κ1) is 12.9. The fourth-order valence-electron chi connectivity index (χ4n) is 1.60. The number of rotatable bonds is 2. The lowest BCUT2D eigenvalue weighted by Gasteiger charge is -2.01. The second kappa shape index (κ2) is 5.40. The molecule has 1 aliphatic rings. The van der Waals surface area contributed by atoms with Crippen molar-refractivity contribution in [3.8, 4) is 0 Å². The van der Waals surface area contributed by atoms with Crippen LogP contribution in [0.1, 0.15) is 5.56 Å². The SMILES string of the molecule is CON=c1ccsc2c1CC(C(=O)N=C(N)N)S2. The third-order valence-electron chi connectivity index (χ3n) is 2.30. The van der Waals surface area contributed by atoms with E-state index in [2.05, 4.69) is 10.1 Å². The zero-order valence-electron chi connectivity index (χ0n) is 9.62. The molecule has 1 aliphatic heterocycles. The van der Waals surface area contributed by atoms with Gasteiger partial charge in [-0.3, -0.25) is 4.79 Å². The lowest BCUT2D eigenvalue weighted by molar-refractivity contribution is -0.117. The zero-order chi connectivity index (χ0) is 13.1. The van der Waals surface area contributed by atoms with Crippen LogP contribution in [0.3, 0.4) is 0 Å². The van der Waals surface area contributed by atoms with Crippen molar-refractivity contribution in [2.75, 3.05) is 7.11 Å². The Hall–Kier alpha value is -1.54. The number of aliphatic imine (C=N–C) groups is 1. The molecular weight excluding hydrogens is 272 g/mol. The molecule has 18 heavy (non-hydrogen) atoms. The van der Waals surface area contributed by atoms with Gasteiger partial charge in [-0.2, -0.15) is 4.99 Å². The average Bonchev–Trinajstić information content (AvgIpc) is 2.73. The molecule has 8 heteroatoms. The number of hydrogen-bond acceptors (Lipinski definition) is 5. The summed E-state index contributed by atoms with van der Waals surface area (Å²) < 4.78 is 1.05. The molecule has 1 aromatic heterocycles. The van der Waals surface area contributed by atoms with E-state index in [1.807, 2.05) is 11.4 Å². The zero-order valence-corrected chi connectivity index (χ0v) is 11.3. The summed E-state index contributed by atoms with van der Waals surface area (Å²) in [5.74, 6) is -0.520. The fraction of sp³-hybridized carbons (Fsp3) is 0.300. The van der Waals surface area contributed by atoms with Crippen molar-refractivity contribution in [2.24, 2.45) is 21.6 Å². The maximum Gasteiger partial charge on any atom is 0.262 e. The van der Waals surface area contributed by atoms with Crippen molar-refractivity contribution in [3.05, 3.63) is 22.4 Å². The summed E-state index contributed by atoms with van der Waals surface area (Å²) in [7, 11) is 1.49. The van der Waals surface area contributed by atoms with E-state index in [0.717, 1.165) is 15.1 Å². The van der Waals surface area contributed by atoms with E-state index in [4.69, 9.17) is 16.3 Å². The monoisotopic (exact) mass is 284 g/mol. The first-order chi connectivity index (χ1) is 8.61. The Balaban J connectivity index is 2.28. The van der Waals surface area contributed by atoms with Crippen molar-refractivity contribution >= 4 is 35.0 Å². The molecule has 0 fully saturated rings. The number of nitrogens with zero attached hydrogens (tertiary/aromatic N) is 2. The number of hydrogen-bond donors (Lipinski definition) is 2. The minimum Gasteiger partial charge on any atom is -0.399 e. The third-order valence-corrected chi connectivity index (χ3v) is 4.72. The van der Waals surface area contributed by atoms with E-state index in [-0.39, 0.29) is 17.1 Å². The number of amides is 1. The highest BCUT2D eigenvalue weighted by Gasteiger charge is 2.30. The molecule has 2 heterocycles. The number of carbonyl (C=O) groups is 1. The Morgan fingerprint density at radius 2 is 2.33 bits per heavy atom. The second-order valence-corrected chi connectivity index (χ2v) is 5.92. The number of guanidine groups is 1. The molecule has 96 valence electrons. The first-order valence-corrected chi connectivity index (χ1v) is 6.85. The summed E-state index contributed by atoms with van der Waals surface area (Å²) in [4.78, 5) is 20.1. The predicted octanol–water partition coefficient (Wildman–Crippen LogP) is 0.0270. The molecule has 2 rings (SSSR count). The topological polar surface area (TPSA) is 103 Å². The highest BCUT2D eigenvalue weighted by atomic mass is 32.2. The molecule has 0 spiro atoms. The van der Waals surface area contributed by atoms with Gasteiger partial charge in [-0.25, -0.2) is 0 Å². The van der Waals surface area contributed by atoms with Crippen LogP contribution >= 0.6 is 23.1 Å². The van der Waals surface area contributed by atoms with Crippen molar-refractivity contribution in [1.82, 2.24) is 0 Å². The Morgan fingerprint density at radius 3 is 3.00 bits per heavy atom. The van der Waals surface area contributed by atoms with Gasteiger partial charge in [-0.05, 0) is 17.9 Å². The minimum absolute atomic E-state index is 0.206. The summed E-state index contributed by atoms with van der Waals surface area (Å²) in [5.41, 5.74) is 11.4. The van der Waals surface area contributed by atoms with E-state index in [1.165, 1.54) is 18.9 Å². The molecule has 0 saturated heterocycles. The van der Waals surface area contributed by atoms with Gasteiger partial charge in [0.2, 0.25) is 0 Å². The molecule has 4 N–H and O–H groups in total. The number of thioether (sulfide) groups is 1. The maximum atomic E-state index is 11.8. The Bertz CT molecular complexity index is 563. The number of nitrogens with two attached hydrogens (primary N) is 2. The van der Waals surface area contributed by atoms with Gasteiger partial charge >= 0.3 is 0 Å². The van der Waals surface area contributed by atoms with Gasteiger partial charge in [0.15, 0.2) is 5.96 Å². The number of fused-ring (bicyclic) bond motifs is 1. The lowest BCUT2D eigenvalue weighted by Crippen LogP contribution is -2.27. The van der Waals surface area contributed by atoms with Crippen molar-refractivity contribution in [1.29, 1.82) is 0 Å². The smallest absolute Gasteiger partial charge is 0.262 e. The molecule has 1 atom stereocenters. The Labute approximate surface area is 112 Å². The van der Waals surface area contributed by atoms with Crippen molar-refractivity contribution in [3.63, 3.8) is 0 Å². The van der Waals surface area contributed by atoms with Gasteiger partial charge < -0.3 is 16.3 Å².